The standard InChI is InChI=1S/C9H15NO4/c1-4-5-6-14-10-8(7(2)11)9(12)13-3/h4-6H2,1-3H3/b10-8-. The number of Topliss-reactive ketones (excluding diaryl/α,β-unsaturated/α-hetero) is 1. The molecule has 0 amide bonds. The van der Waals surface area contributed by atoms with Crippen molar-refractivity contribution in [3.05, 3.63) is 0 Å². The molecule has 0 atom stereocenters. The van der Waals surface area contributed by atoms with E-state index >= 15 is 0 Å². The summed E-state index contributed by atoms with van der Waals surface area (Å²) in [6, 6.07) is 0. The number of hydrogen-bond donors (Lipinski definition) is 0. The number of rotatable bonds is 6. The number of hydrogen-bond acceptors (Lipinski definition) is 5. The van der Waals surface area contributed by atoms with E-state index in [0.717, 1.165) is 12.8 Å². The number of oxime groups is 1. The van der Waals surface area contributed by atoms with Crippen molar-refractivity contribution in [1.82, 2.24) is 0 Å². The van der Waals surface area contributed by atoms with Crippen molar-refractivity contribution < 1.29 is 19.2 Å². The molecule has 5 heteroatoms. The average molecular weight is 201 g/mol. The van der Waals surface area contributed by atoms with Crippen molar-refractivity contribution in [3.63, 3.8) is 0 Å². The lowest BCUT2D eigenvalue weighted by atomic mass is 10.3. The van der Waals surface area contributed by atoms with Gasteiger partial charge in [-0.25, -0.2) is 4.79 Å². The summed E-state index contributed by atoms with van der Waals surface area (Å²) in [7, 11) is 1.19. The zero-order chi connectivity index (χ0) is 11.0. The van der Waals surface area contributed by atoms with E-state index in [9.17, 15) is 9.59 Å². The van der Waals surface area contributed by atoms with Crippen molar-refractivity contribution >= 4 is 17.5 Å². The summed E-state index contributed by atoms with van der Waals surface area (Å²) in [6.07, 6.45) is 1.79. The smallest absolute Gasteiger partial charge is 0.363 e. The van der Waals surface area contributed by atoms with Crippen molar-refractivity contribution in [2.24, 2.45) is 5.16 Å². The first kappa shape index (κ1) is 12.6. The Kier molecular flexibility index (Phi) is 6.36. The summed E-state index contributed by atoms with van der Waals surface area (Å²) >= 11 is 0. The molecule has 0 aromatic rings. The van der Waals surface area contributed by atoms with Crippen molar-refractivity contribution in [3.8, 4) is 0 Å². The molecule has 0 aromatic heterocycles. The van der Waals surface area contributed by atoms with Crippen LogP contribution in [0.25, 0.3) is 0 Å². The highest BCUT2D eigenvalue weighted by Crippen LogP contribution is 1.92. The Bertz CT molecular complexity index is 235. The summed E-state index contributed by atoms with van der Waals surface area (Å²) in [5, 5.41) is 3.42. The van der Waals surface area contributed by atoms with E-state index in [2.05, 4.69) is 9.89 Å². The number of ether oxygens (including phenoxy) is 1. The van der Waals surface area contributed by atoms with E-state index in [1.165, 1.54) is 14.0 Å². The highest BCUT2D eigenvalue weighted by Gasteiger charge is 2.17. The molecule has 0 aliphatic carbocycles. The number of carbonyl (C=O) groups is 2. The molecule has 80 valence electrons. The minimum Gasteiger partial charge on any atom is -0.464 e. The molecule has 14 heavy (non-hydrogen) atoms. The Hall–Kier alpha value is -1.39. The molecule has 0 bridgehead atoms. The van der Waals surface area contributed by atoms with Crippen LogP contribution in [0.4, 0.5) is 0 Å². The molecule has 0 N–H and O–H groups in total. The molecular formula is C9H15NO4. The lowest BCUT2D eigenvalue weighted by molar-refractivity contribution is -0.133. The second-order valence-electron chi connectivity index (χ2n) is 2.67. The van der Waals surface area contributed by atoms with Gasteiger partial charge in [0.25, 0.3) is 0 Å². The zero-order valence-electron chi connectivity index (χ0n) is 8.70. The van der Waals surface area contributed by atoms with Crippen LogP contribution in [-0.2, 0) is 19.2 Å². The van der Waals surface area contributed by atoms with Gasteiger partial charge in [-0.15, -0.1) is 0 Å². The number of nitrogens with zero attached hydrogens (tertiary/aromatic N) is 1. The van der Waals surface area contributed by atoms with E-state index in [4.69, 9.17) is 4.84 Å². The predicted molar refractivity (Wildman–Crippen MR) is 51.0 cm³/mol. The Morgan fingerprint density at radius 3 is 2.43 bits per heavy atom. The van der Waals surface area contributed by atoms with Gasteiger partial charge in [0.15, 0.2) is 5.78 Å². The lowest BCUT2D eigenvalue weighted by Gasteiger charge is -2.00. The van der Waals surface area contributed by atoms with Gasteiger partial charge < -0.3 is 9.57 Å². The van der Waals surface area contributed by atoms with Crippen LogP contribution in [0.15, 0.2) is 5.16 Å². The van der Waals surface area contributed by atoms with Gasteiger partial charge in [-0.3, -0.25) is 4.79 Å². The maximum Gasteiger partial charge on any atom is 0.363 e. The molecule has 0 spiro atoms. The quantitative estimate of drug-likeness (QED) is 0.211. The largest absolute Gasteiger partial charge is 0.464 e. The zero-order valence-corrected chi connectivity index (χ0v) is 8.70. The summed E-state index contributed by atoms with van der Waals surface area (Å²) in [6.45, 7) is 3.63. The summed E-state index contributed by atoms with van der Waals surface area (Å²) < 4.78 is 4.36. The highest BCUT2D eigenvalue weighted by atomic mass is 16.6. The molecular weight excluding hydrogens is 186 g/mol. The molecule has 5 nitrogen and oxygen atoms in total. The third-order valence-electron chi connectivity index (χ3n) is 1.46. The average Bonchev–Trinajstić information content (AvgIpc) is 2.16. The molecule has 0 heterocycles. The SMILES string of the molecule is CCCCO/N=C(/C(C)=O)C(=O)OC. The summed E-state index contributed by atoms with van der Waals surface area (Å²) in [5.74, 6) is -1.23. The number of carbonyl (C=O) groups excluding carboxylic acids is 2. The van der Waals surface area contributed by atoms with E-state index in [-0.39, 0.29) is 5.71 Å². The fraction of sp³-hybridized carbons (Fsp3) is 0.667. The van der Waals surface area contributed by atoms with Crippen LogP contribution in [0, 0.1) is 0 Å². The molecule has 0 unspecified atom stereocenters. The van der Waals surface area contributed by atoms with Gasteiger partial charge in [0.05, 0.1) is 7.11 Å². The van der Waals surface area contributed by atoms with Crippen LogP contribution in [0.3, 0.4) is 0 Å². The van der Waals surface area contributed by atoms with E-state index in [0.29, 0.717) is 6.61 Å². The van der Waals surface area contributed by atoms with E-state index in [1.807, 2.05) is 6.92 Å². The maximum absolute atomic E-state index is 11.0. The highest BCUT2D eigenvalue weighted by molar-refractivity contribution is 6.63. The first-order chi connectivity index (χ1) is 6.63. The van der Waals surface area contributed by atoms with Crippen LogP contribution in [-0.4, -0.2) is 31.2 Å². The lowest BCUT2D eigenvalue weighted by Crippen LogP contribution is -2.23. The Balaban J connectivity index is 4.20. The summed E-state index contributed by atoms with van der Waals surface area (Å²) in [5.41, 5.74) is -0.302. The van der Waals surface area contributed by atoms with Crippen molar-refractivity contribution in [2.45, 2.75) is 26.7 Å². The van der Waals surface area contributed by atoms with Gasteiger partial charge in [-0.1, -0.05) is 18.5 Å². The third-order valence-corrected chi connectivity index (χ3v) is 1.46. The molecule has 0 aliphatic heterocycles. The number of unbranched alkanes of at least 4 members (excludes halogenated alkanes) is 1. The van der Waals surface area contributed by atoms with Gasteiger partial charge in [0.1, 0.15) is 6.61 Å². The molecule has 0 aliphatic rings. The van der Waals surface area contributed by atoms with Gasteiger partial charge in [-0.05, 0) is 6.42 Å². The number of esters is 1. The Morgan fingerprint density at radius 1 is 1.36 bits per heavy atom. The summed E-state index contributed by atoms with van der Waals surface area (Å²) in [4.78, 5) is 26.6. The molecule has 0 saturated heterocycles. The monoisotopic (exact) mass is 201 g/mol. The number of ketones is 1. The van der Waals surface area contributed by atoms with Crippen LogP contribution in [0.1, 0.15) is 26.7 Å². The van der Waals surface area contributed by atoms with Gasteiger partial charge in [-0.2, -0.15) is 0 Å². The van der Waals surface area contributed by atoms with Crippen molar-refractivity contribution in [2.75, 3.05) is 13.7 Å². The van der Waals surface area contributed by atoms with Gasteiger partial charge in [0.2, 0.25) is 5.71 Å². The van der Waals surface area contributed by atoms with Crippen LogP contribution >= 0.6 is 0 Å². The minimum absolute atomic E-state index is 0.302. The van der Waals surface area contributed by atoms with Crippen LogP contribution in [0.2, 0.25) is 0 Å². The van der Waals surface area contributed by atoms with Gasteiger partial charge >= 0.3 is 5.97 Å². The normalized spacial score (nSPS) is 10.9. The Morgan fingerprint density at radius 2 is 2.00 bits per heavy atom. The fourth-order valence-electron chi connectivity index (χ4n) is 0.661. The molecule has 0 radical (unpaired) electrons. The maximum atomic E-state index is 11.0. The van der Waals surface area contributed by atoms with E-state index < -0.39 is 11.8 Å². The van der Waals surface area contributed by atoms with Crippen LogP contribution in [0.5, 0.6) is 0 Å². The number of methoxy groups -OCH3 is 1. The van der Waals surface area contributed by atoms with Gasteiger partial charge in [0, 0.05) is 6.92 Å². The predicted octanol–water partition coefficient (Wildman–Crippen LogP) is 0.921. The van der Waals surface area contributed by atoms with Crippen LogP contribution < -0.4 is 0 Å². The topological polar surface area (TPSA) is 65.0 Å². The first-order valence-electron chi connectivity index (χ1n) is 4.42. The first-order valence-corrected chi connectivity index (χ1v) is 4.42. The minimum atomic E-state index is -0.769. The van der Waals surface area contributed by atoms with E-state index in [1.54, 1.807) is 0 Å². The second-order valence-corrected chi connectivity index (χ2v) is 2.67. The fourth-order valence-corrected chi connectivity index (χ4v) is 0.661. The van der Waals surface area contributed by atoms with Crippen molar-refractivity contribution in [1.29, 1.82) is 0 Å². The Labute approximate surface area is 83.1 Å². The third kappa shape index (κ3) is 4.59. The molecule has 0 saturated carbocycles. The molecule has 0 rings (SSSR count). The molecule has 0 aromatic carbocycles. The second kappa shape index (κ2) is 7.06. The molecule has 0 fully saturated rings.